The van der Waals surface area contributed by atoms with Crippen LogP contribution in [0.15, 0.2) is 60.8 Å². The number of nitrogens with zero attached hydrogens (tertiary/aromatic N) is 4. The summed E-state index contributed by atoms with van der Waals surface area (Å²) in [6.45, 7) is 2.27. The zero-order valence-corrected chi connectivity index (χ0v) is 21.1. The normalized spacial score (nSPS) is 19.8. The van der Waals surface area contributed by atoms with Crippen LogP contribution in [0.5, 0.6) is 0 Å². The second-order valence-electron chi connectivity index (χ2n) is 9.07. The number of amides is 1. The van der Waals surface area contributed by atoms with E-state index in [2.05, 4.69) is 17.2 Å². The predicted octanol–water partition coefficient (Wildman–Crippen LogP) is 4.74. The number of unbranched alkanes of at least 4 members (excludes halogenated alkanes) is 2. The molecule has 1 aliphatic rings. The molecule has 8 nitrogen and oxygen atoms in total. The summed E-state index contributed by atoms with van der Waals surface area (Å²) in [6, 6.07) is 15.6. The Balaban J connectivity index is 1.48. The van der Waals surface area contributed by atoms with Crippen molar-refractivity contribution < 1.29 is 19.4 Å². The highest BCUT2D eigenvalue weighted by atomic mass is 35.5. The Labute approximate surface area is 215 Å². The molecule has 0 aliphatic carbocycles. The summed E-state index contributed by atoms with van der Waals surface area (Å²) < 4.78 is 6.97. The molecule has 4 rings (SSSR count). The van der Waals surface area contributed by atoms with Crippen LogP contribution in [0.2, 0.25) is 5.02 Å². The third-order valence-electron chi connectivity index (χ3n) is 6.50. The third-order valence-corrected chi connectivity index (χ3v) is 6.75. The maximum Gasteiger partial charge on any atom is 0.338 e. The molecule has 3 aromatic rings. The van der Waals surface area contributed by atoms with Crippen LogP contribution in [-0.4, -0.2) is 49.5 Å². The first kappa shape index (κ1) is 25.9. The predicted molar refractivity (Wildman–Crippen MR) is 135 cm³/mol. The smallest absolute Gasteiger partial charge is 0.338 e. The summed E-state index contributed by atoms with van der Waals surface area (Å²) in [4.78, 5) is 27.1. The molecule has 1 saturated heterocycles. The molecule has 0 bridgehead atoms. The van der Waals surface area contributed by atoms with Crippen molar-refractivity contribution in [3.05, 3.63) is 82.6 Å². The summed E-state index contributed by atoms with van der Waals surface area (Å²) in [6.07, 6.45) is 4.65. The molecule has 3 atom stereocenters. The molecule has 0 saturated carbocycles. The van der Waals surface area contributed by atoms with Crippen LogP contribution in [0.1, 0.15) is 72.7 Å². The van der Waals surface area contributed by atoms with Crippen molar-refractivity contribution in [2.45, 2.75) is 63.8 Å². The number of aromatic nitrogens is 3. The van der Waals surface area contributed by atoms with Crippen molar-refractivity contribution in [1.29, 1.82) is 0 Å². The summed E-state index contributed by atoms with van der Waals surface area (Å²) in [7, 11) is 0. The van der Waals surface area contributed by atoms with Gasteiger partial charge in [0.15, 0.2) is 0 Å². The number of hydrogen-bond donors (Lipinski definition) is 1. The van der Waals surface area contributed by atoms with Crippen LogP contribution in [0.25, 0.3) is 0 Å². The number of piperidine rings is 1. The molecule has 9 heteroatoms. The van der Waals surface area contributed by atoms with Crippen molar-refractivity contribution >= 4 is 23.5 Å². The number of carbonyl (C=O) groups excluding carboxylic acids is 2. The van der Waals surface area contributed by atoms with Crippen molar-refractivity contribution in [1.82, 2.24) is 19.9 Å². The summed E-state index contributed by atoms with van der Waals surface area (Å²) in [5.74, 6) is -0.407. The van der Waals surface area contributed by atoms with Gasteiger partial charge in [0.1, 0.15) is 12.3 Å². The van der Waals surface area contributed by atoms with E-state index in [-0.39, 0.29) is 25.1 Å². The highest BCUT2D eigenvalue weighted by Crippen LogP contribution is 2.37. The van der Waals surface area contributed by atoms with Gasteiger partial charge in [0.05, 0.1) is 29.9 Å². The average Bonchev–Trinajstić information content (AvgIpc) is 3.37. The van der Waals surface area contributed by atoms with Crippen LogP contribution >= 0.6 is 11.6 Å². The Hall–Kier alpha value is -3.23. The van der Waals surface area contributed by atoms with Crippen molar-refractivity contribution in [2.75, 3.05) is 6.54 Å². The number of aliphatic hydroxyl groups is 1. The van der Waals surface area contributed by atoms with Gasteiger partial charge in [0, 0.05) is 18.0 Å². The van der Waals surface area contributed by atoms with Crippen LogP contribution in [0.4, 0.5) is 0 Å². The van der Waals surface area contributed by atoms with E-state index >= 15 is 0 Å². The molecule has 2 heterocycles. The van der Waals surface area contributed by atoms with Crippen LogP contribution in [-0.2, 0) is 16.1 Å². The minimum atomic E-state index is -0.815. The zero-order valence-electron chi connectivity index (χ0n) is 20.3. The monoisotopic (exact) mass is 510 g/mol. The highest BCUT2D eigenvalue weighted by molar-refractivity contribution is 6.30. The van der Waals surface area contributed by atoms with E-state index in [1.807, 2.05) is 30.3 Å². The molecule has 36 heavy (non-hydrogen) atoms. The Morgan fingerprint density at radius 2 is 1.86 bits per heavy atom. The number of benzene rings is 2. The standard InChI is InChI=1S/C27H31ClN4O4/c1-2-3-5-10-26(34)31-17-25(33)24(15-23(31)19-11-13-21(28)14-12-19)32-16-22(29-30-32)18-36-27(35)20-8-6-4-7-9-20/h4,6-9,11-14,16,23-25,33H,2-3,5,10,15,17-18H2,1H3/t23-,24+,25+/m1/s1. The Morgan fingerprint density at radius 1 is 1.11 bits per heavy atom. The maximum atomic E-state index is 13.1. The number of rotatable bonds is 9. The molecule has 1 aliphatic heterocycles. The van der Waals surface area contributed by atoms with Gasteiger partial charge in [-0.25, -0.2) is 9.48 Å². The topological polar surface area (TPSA) is 97.6 Å². The van der Waals surface area contributed by atoms with Crippen LogP contribution < -0.4 is 0 Å². The van der Waals surface area contributed by atoms with Crippen molar-refractivity contribution in [3.8, 4) is 0 Å². The lowest BCUT2D eigenvalue weighted by Gasteiger charge is -2.42. The van der Waals surface area contributed by atoms with Gasteiger partial charge in [-0.3, -0.25) is 4.79 Å². The first-order chi connectivity index (χ1) is 17.5. The Bertz CT molecular complexity index is 1150. The molecule has 1 amide bonds. The fourth-order valence-electron chi connectivity index (χ4n) is 4.53. The third kappa shape index (κ3) is 6.30. The molecule has 0 spiro atoms. The van der Waals surface area contributed by atoms with E-state index < -0.39 is 18.1 Å². The van der Waals surface area contributed by atoms with Gasteiger partial charge in [-0.2, -0.15) is 0 Å². The Kier molecular flexibility index (Phi) is 8.72. The van der Waals surface area contributed by atoms with Gasteiger partial charge in [-0.05, 0) is 42.7 Å². The molecule has 2 aromatic carbocycles. The summed E-state index contributed by atoms with van der Waals surface area (Å²) in [5, 5.41) is 20.0. The molecule has 0 radical (unpaired) electrons. The summed E-state index contributed by atoms with van der Waals surface area (Å²) in [5.41, 5.74) is 1.90. The van der Waals surface area contributed by atoms with Gasteiger partial charge in [0.2, 0.25) is 5.91 Å². The number of carbonyl (C=O) groups is 2. The lowest BCUT2D eigenvalue weighted by atomic mass is 9.89. The summed E-state index contributed by atoms with van der Waals surface area (Å²) >= 11 is 6.10. The quantitative estimate of drug-likeness (QED) is 0.330. The number of halogens is 1. The minimum absolute atomic E-state index is 0.0286. The molecule has 0 unspecified atom stereocenters. The fraction of sp³-hybridized carbons (Fsp3) is 0.407. The number of esters is 1. The first-order valence-electron chi connectivity index (χ1n) is 12.3. The van der Waals surface area contributed by atoms with E-state index in [1.165, 1.54) is 0 Å². The minimum Gasteiger partial charge on any atom is -0.455 e. The molecule has 1 fully saturated rings. The number of likely N-dealkylation sites (tertiary alicyclic amines) is 1. The molecule has 190 valence electrons. The number of hydrogen-bond acceptors (Lipinski definition) is 6. The fourth-order valence-corrected chi connectivity index (χ4v) is 4.66. The number of aliphatic hydroxyl groups excluding tert-OH is 1. The average molecular weight is 511 g/mol. The second-order valence-corrected chi connectivity index (χ2v) is 9.51. The number of ether oxygens (including phenoxy) is 1. The highest BCUT2D eigenvalue weighted by Gasteiger charge is 2.39. The molecule has 1 N–H and O–H groups in total. The molecular formula is C27H31ClN4O4. The SMILES string of the molecule is CCCCCC(=O)N1C[C@H](O)[C@@H](n2cc(COC(=O)c3ccccc3)nn2)C[C@@H]1c1ccc(Cl)cc1. The van der Waals surface area contributed by atoms with E-state index in [9.17, 15) is 14.7 Å². The second kappa shape index (κ2) is 12.1. The van der Waals surface area contributed by atoms with E-state index in [1.54, 1.807) is 40.0 Å². The van der Waals surface area contributed by atoms with Crippen LogP contribution in [0, 0.1) is 0 Å². The van der Waals surface area contributed by atoms with E-state index in [0.717, 1.165) is 24.8 Å². The zero-order chi connectivity index (χ0) is 25.5. The van der Waals surface area contributed by atoms with E-state index in [4.69, 9.17) is 16.3 Å². The van der Waals surface area contributed by atoms with Crippen LogP contribution in [0.3, 0.4) is 0 Å². The first-order valence-corrected chi connectivity index (χ1v) is 12.7. The van der Waals surface area contributed by atoms with Gasteiger partial charge in [-0.1, -0.05) is 66.9 Å². The van der Waals surface area contributed by atoms with Crippen molar-refractivity contribution in [2.24, 2.45) is 0 Å². The maximum absolute atomic E-state index is 13.1. The molecular weight excluding hydrogens is 480 g/mol. The number of β-amino-alcohol motifs (C(OH)–C–C–N with tert-alkyl or cyclic N) is 1. The lowest BCUT2D eigenvalue weighted by Crippen LogP contribution is -2.49. The van der Waals surface area contributed by atoms with Gasteiger partial charge >= 0.3 is 5.97 Å². The van der Waals surface area contributed by atoms with E-state index in [0.29, 0.717) is 29.1 Å². The molecule has 1 aromatic heterocycles. The van der Waals surface area contributed by atoms with Crippen molar-refractivity contribution in [3.63, 3.8) is 0 Å². The van der Waals surface area contributed by atoms with Gasteiger partial charge < -0.3 is 14.7 Å². The van der Waals surface area contributed by atoms with Gasteiger partial charge in [-0.15, -0.1) is 5.10 Å². The largest absolute Gasteiger partial charge is 0.455 e. The Morgan fingerprint density at radius 3 is 2.58 bits per heavy atom. The lowest BCUT2D eigenvalue weighted by molar-refractivity contribution is -0.140. The van der Waals surface area contributed by atoms with Gasteiger partial charge in [0.25, 0.3) is 0 Å².